The van der Waals surface area contributed by atoms with Crippen LogP contribution in [0.25, 0.3) is 0 Å². The monoisotopic (exact) mass is 284 g/mol. The third-order valence-corrected chi connectivity index (χ3v) is 3.42. The van der Waals surface area contributed by atoms with E-state index in [1.165, 1.54) is 6.20 Å². The van der Waals surface area contributed by atoms with Crippen LogP contribution in [0.5, 0.6) is 11.5 Å². The van der Waals surface area contributed by atoms with Gasteiger partial charge in [-0.2, -0.15) is 0 Å². The Bertz CT molecular complexity index is 672. The van der Waals surface area contributed by atoms with Gasteiger partial charge in [0.15, 0.2) is 11.5 Å². The van der Waals surface area contributed by atoms with Gasteiger partial charge in [0.1, 0.15) is 0 Å². The van der Waals surface area contributed by atoms with Gasteiger partial charge in [-0.25, -0.2) is 0 Å². The van der Waals surface area contributed by atoms with Gasteiger partial charge in [-0.05, 0) is 24.3 Å². The molecule has 0 spiro atoms. The maximum absolute atomic E-state index is 12.1. The highest BCUT2D eigenvalue weighted by atomic mass is 16.7. The average Bonchev–Trinajstić information content (AvgIpc) is 2.84. The lowest BCUT2D eigenvalue weighted by atomic mass is 10.2. The zero-order valence-corrected chi connectivity index (χ0v) is 11.9. The number of aromatic nitrogens is 1. The van der Waals surface area contributed by atoms with Crippen LogP contribution < -0.4 is 14.8 Å². The van der Waals surface area contributed by atoms with E-state index in [2.05, 4.69) is 10.3 Å². The summed E-state index contributed by atoms with van der Waals surface area (Å²) in [4.78, 5) is 16.0. The summed E-state index contributed by atoms with van der Waals surface area (Å²) in [5, 5.41) is 2.82. The minimum absolute atomic E-state index is 0.208. The summed E-state index contributed by atoms with van der Waals surface area (Å²) in [6.07, 6.45) is 3.89. The zero-order valence-electron chi connectivity index (χ0n) is 11.9. The van der Waals surface area contributed by atoms with Crippen LogP contribution in [0.3, 0.4) is 0 Å². The van der Waals surface area contributed by atoms with Crippen molar-refractivity contribution in [2.75, 3.05) is 5.32 Å². The first-order chi connectivity index (χ1) is 10.1. The molecule has 0 aliphatic carbocycles. The summed E-state index contributed by atoms with van der Waals surface area (Å²) in [6.45, 7) is 3.89. The molecule has 2 heterocycles. The van der Waals surface area contributed by atoms with Gasteiger partial charge in [-0.1, -0.05) is 6.92 Å². The molecule has 21 heavy (non-hydrogen) atoms. The van der Waals surface area contributed by atoms with Crippen LogP contribution in [0, 0.1) is 0 Å². The van der Waals surface area contributed by atoms with E-state index in [0.29, 0.717) is 22.7 Å². The smallest absolute Gasteiger partial charge is 0.257 e. The van der Waals surface area contributed by atoms with Gasteiger partial charge < -0.3 is 14.8 Å². The number of fused-ring (bicyclic) bond motifs is 1. The lowest BCUT2D eigenvalue weighted by Crippen LogP contribution is -2.33. The molecule has 1 aromatic carbocycles. The number of carbonyl (C=O) groups excluding carboxylic acids is 1. The van der Waals surface area contributed by atoms with E-state index in [0.717, 1.165) is 6.42 Å². The number of amides is 1. The number of pyridine rings is 1. The Labute approximate surface area is 122 Å². The van der Waals surface area contributed by atoms with Crippen LogP contribution in [0.4, 0.5) is 5.69 Å². The van der Waals surface area contributed by atoms with Crippen LogP contribution in [0.15, 0.2) is 42.7 Å². The van der Waals surface area contributed by atoms with Crippen LogP contribution in [-0.2, 0) is 0 Å². The highest BCUT2D eigenvalue weighted by Gasteiger charge is 2.34. The van der Waals surface area contributed by atoms with Crippen LogP contribution in [-0.4, -0.2) is 16.7 Å². The van der Waals surface area contributed by atoms with Gasteiger partial charge in [0.05, 0.1) is 5.56 Å². The summed E-state index contributed by atoms with van der Waals surface area (Å²) in [7, 11) is 0. The predicted molar refractivity (Wildman–Crippen MR) is 78.6 cm³/mol. The second kappa shape index (κ2) is 5.09. The predicted octanol–water partition coefficient (Wildman–Crippen LogP) is 3.23. The number of rotatable bonds is 3. The minimum atomic E-state index is -0.631. The summed E-state index contributed by atoms with van der Waals surface area (Å²) in [5.41, 5.74) is 1.17. The van der Waals surface area contributed by atoms with E-state index in [4.69, 9.17) is 9.47 Å². The fraction of sp³-hybridized carbons (Fsp3) is 0.250. The van der Waals surface area contributed by atoms with Gasteiger partial charge >= 0.3 is 0 Å². The Morgan fingerprint density at radius 2 is 2.10 bits per heavy atom. The van der Waals surface area contributed by atoms with Crippen molar-refractivity contribution in [1.29, 1.82) is 0 Å². The van der Waals surface area contributed by atoms with Crippen molar-refractivity contribution < 1.29 is 14.3 Å². The number of hydrogen-bond acceptors (Lipinski definition) is 4. The van der Waals surface area contributed by atoms with Gasteiger partial charge in [0, 0.05) is 37.5 Å². The molecule has 1 aromatic heterocycles. The molecule has 2 aromatic rings. The highest BCUT2D eigenvalue weighted by Crippen LogP contribution is 2.42. The molecule has 1 atom stereocenters. The quantitative estimate of drug-likeness (QED) is 0.940. The Hall–Kier alpha value is -2.56. The number of nitrogens with zero attached hydrogens (tertiary/aromatic N) is 1. The van der Waals surface area contributed by atoms with Crippen molar-refractivity contribution in [3.05, 3.63) is 48.3 Å². The van der Waals surface area contributed by atoms with E-state index in [1.807, 2.05) is 13.8 Å². The SMILES string of the molecule is CC[C@]1(C)Oc2ccc(NC(=O)c3cccnc3)cc2O1. The number of hydrogen-bond donors (Lipinski definition) is 1. The van der Waals surface area contributed by atoms with E-state index < -0.39 is 5.79 Å². The van der Waals surface area contributed by atoms with E-state index in [1.54, 1.807) is 36.5 Å². The summed E-state index contributed by atoms with van der Waals surface area (Å²) >= 11 is 0. The molecule has 0 saturated heterocycles. The molecule has 1 amide bonds. The highest BCUT2D eigenvalue weighted by molar-refractivity contribution is 6.04. The van der Waals surface area contributed by atoms with Crippen molar-refractivity contribution in [3.8, 4) is 11.5 Å². The largest absolute Gasteiger partial charge is 0.449 e. The second-order valence-electron chi connectivity index (χ2n) is 5.05. The van der Waals surface area contributed by atoms with Crippen molar-refractivity contribution in [3.63, 3.8) is 0 Å². The third kappa shape index (κ3) is 2.67. The molecule has 108 valence electrons. The summed E-state index contributed by atoms with van der Waals surface area (Å²) in [5.74, 6) is 0.496. The van der Waals surface area contributed by atoms with Crippen molar-refractivity contribution in [1.82, 2.24) is 4.98 Å². The zero-order chi connectivity index (χ0) is 14.9. The first-order valence-corrected chi connectivity index (χ1v) is 6.83. The lowest BCUT2D eigenvalue weighted by molar-refractivity contribution is -0.0640. The number of benzene rings is 1. The first-order valence-electron chi connectivity index (χ1n) is 6.83. The Morgan fingerprint density at radius 3 is 2.81 bits per heavy atom. The second-order valence-corrected chi connectivity index (χ2v) is 5.05. The van der Waals surface area contributed by atoms with Gasteiger partial charge in [-0.3, -0.25) is 9.78 Å². The molecule has 5 nitrogen and oxygen atoms in total. The van der Waals surface area contributed by atoms with E-state index in [9.17, 15) is 4.79 Å². The lowest BCUT2D eigenvalue weighted by Gasteiger charge is -2.20. The van der Waals surface area contributed by atoms with Gasteiger partial charge in [0.25, 0.3) is 5.91 Å². The van der Waals surface area contributed by atoms with Gasteiger partial charge in [0.2, 0.25) is 5.79 Å². The number of ether oxygens (including phenoxy) is 2. The van der Waals surface area contributed by atoms with E-state index in [-0.39, 0.29) is 5.91 Å². The fourth-order valence-corrected chi connectivity index (χ4v) is 2.08. The topological polar surface area (TPSA) is 60.5 Å². The normalized spacial score (nSPS) is 19.3. The number of anilines is 1. The van der Waals surface area contributed by atoms with Crippen LogP contribution in [0.2, 0.25) is 0 Å². The van der Waals surface area contributed by atoms with Crippen LogP contribution in [0.1, 0.15) is 30.6 Å². The maximum atomic E-state index is 12.1. The Kier molecular flexibility index (Phi) is 3.25. The Morgan fingerprint density at radius 1 is 1.29 bits per heavy atom. The molecule has 3 rings (SSSR count). The first kappa shape index (κ1) is 13.4. The molecule has 1 aliphatic heterocycles. The maximum Gasteiger partial charge on any atom is 0.257 e. The van der Waals surface area contributed by atoms with E-state index >= 15 is 0 Å². The molecule has 1 aliphatic rings. The molecule has 1 N–H and O–H groups in total. The summed E-state index contributed by atoms with van der Waals surface area (Å²) in [6, 6.07) is 8.79. The molecular weight excluding hydrogens is 268 g/mol. The average molecular weight is 284 g/mol. The fourth-order valence-electron chi connectivity index (χ4n) is 2.08. The van der Waals surface area contributed by atoms with Crippen molar-refractivity contribution in [2.45, 2.75) is 26.1 Å². The molecule has 5 heteroatoms. The molecule has 0 bridgehead atoms. The number of nitrogens with one attached hydrogen (secondary N) is 1. The summed E-state index contributed by atoms with van der Waals surface area (Å²) < 4.78 is 11.5. The molecule has 0 unspecified atom stereocenters. The molecule has 0 radical (unpaired) electrons. The minimum Gasteiger partial charge on any atom is -0.449 e. The molecular formula is C16H16N2O3. The molecule has 0 fully saturated rings. The standard InChI is InChI=1S/C16H16N2O3/c1-3-16(2)20-13-7-6-12(9-14(13)21-16)18-15(19)11-5-4-8-17-10-11/h4-10H,3H2,1-2H3,(H,18,19)/t16-/m1/s1. The third-order valence-electron chi connectivity index (χ3n) is 3.42. The van der Waals surface area contributed by atoms with Gasteiger partial charge in [-0.15, -0.1) is 0 Å². The van der Waals surface area contributed by atoms with Crippen LogP contribution >= 0.6 is 0 Å². The Balaban J connectivity index is 1.78. The molecule has 0 saturated carbocycles. The number of carbonyl (C=O) groups is 1. The van der Waals surface area contributed by atoms with Crippen molar-refractivity contribution >= 4 is 11.6 Å². The van der Waals surface area contributed by atoms with Crippen molar-refractivity contribution in [2.24, 2.45) is 0 Å².